The molecule has 1 aliphatic rings. The quantitative estimate of drug-likeness (QED) is 0.707. The molecule has 0 N–H and O–H groups in total. The maximum absolute atomic E-state index is 11.8. The molecular weight excluding hydrogens is 234 g/mol. The van der Waals surface area contributed by atoms with Crippen LogP contribution in [-0.4, -0.2) is 30.5 Å². The molecule has 2 heterocycles. The third-order valence-electron chi connectivity index (χ3n) is 2.81. The van der Waals surface area contributed by atoms with Gasteiger partial charge >= 0.3 is 5.97 Å². The zero-order chi connectivity index (χ0) is 13.1. The van der Waals surface area contributed by atoms with E-state index in [0.29, 0.717) is 11.4 Å². The molecule has 0 saturated carbocycles. The van der Waals surface area contributed by atoms with E-state index in [0.717, 1.165) is 0 Å². The number of rotatable bonds is 2. The van der Waals surface area contributed by atoms with Crippen molar-refractivity contribution in [3.8, 4) is 6.07 Å². The number of aromatic nitrogens is 1. The molecule has 1 amide bonds. The van der Waals surface area contributed by atoms with E-state index in [9.17, 15) is 9.59 Å². The van der Waals surface area contributed by atoms with Gasteiger partial charge < -0.3 is 4.74 Å². The Morgan fingerprint density at radius 3 is 2.94 bits per heavy atom. The van der Waals surface area contributed by atoms with Crippen molar-refractivity contribution in [1.82, 2.24) is 4.98 Å². The molecule has 1 saturated heterocycles. The molecule has 0 radical (unpaired) electrons. The minimum atomic E-state index is -0.444. The Bertz CT molecular complexity index is 518. The predicted octanol–water partition coefficient (Wildman–Crippen LogP) is 0.479. The summed E-state index contributed by atoms with van der Waals surface area (Å²) >= 11 is 0. The van der Waals surface area contributed by atoms with Crippen molar-refractivity contribution in [1.29, 1.82) is 5.26 Å². The van der Waals surface area contributed by atoms with E-state index in [1.54, 1.807) is 12.1 Å². The number of carbonyl (C=O) groups is 2. The Morgan fingerprint density at radius 1 is 1.61 bits per heavy atom. The zero-order valence-corrected chi connectivity index (χ0v) is 9.79. The lowest BCUT2D eigenvalue weighted by atomic mass is 10.1. The van der Waals surface area contributed by atoms with Gasteiger partial charge in [0.1, 0.15) is 11.9 Å². The van der Waals surface area contributed by atoms with E-state index >= 15 is 0 Å². The summed E-state index contributed by atoms with van der Waals surface area (Å²) in [5, 5.41) is 8.66. The van der Waals surface area contributed by atoms with Crippen molar-refractivity contribution in [2.75, 3.05) is 18.6 Å². The molecule has 1 aromatic rings. The third-order valence-corrected chi connectivity index (χ3v) is 2.81. The van der Waals surface area contributed by atoms with Crippen LogP contribution in [0.1, 0.15) is 12.0 Å². The molecule has 6 heteroatoms. The van der Waals surface area contributed by atoms with Crippen LogP contribution >= 0.6 is 0 Å². The van der Waals surface area contributed by atoms with Gasteiger partial charge in [-0.1, -0.05) is 0 Å². The smallest absolute Gasteiger partial charge is 0.311 e. The number of ether oxygens (including phenoxy) is 1. The molecule has 1 atom stereocenters. The van der Waals surface area contributed by atoms with Crippen molar-refractivity contribution in [2.24, 2.45) is 5.92 Å². The van der Waals surface area contributed by atoms with Crippen LogP contribution in [0.4, 0.5) is 5.82 Å². The number of nitrogens with zero attached hydrogens (tertiary/aromatic N) is 3. The average Bonchev–Trinajstić information content (AvgIpc) is 2.80. The molecule has 92 valence electrons. The average molecular weight is 245 g/mol. The number of nitriles is 1. The number of hydrogen-bond donors (Lipinski definition) is 0. The van der Waals surface area contributed by atoms with E-state index in [1.165, 1.54) is 18.2 Å². The van der Waals surface area contributed by atoms with Gasteiger partial charge in [-0.3, -0.25) is 14.5 Å². The molecule has 1 unspecified atom stereocenters. The fourth-order valence-corrected chi connectivity index (χ4v) is 1.87. The minimum Gasteiger partial charge on any atom is -0.469 e. The van der Waals surface area contributed by atoms with Crippen LogP contribution in [-0.2, 0) is 14.3 Å². The normalized spacial score (nSPS) is 18.6. The van der Waals surface area contributed by atoms with Crippen molar-refractivity contribution < 1.29 is 14.3 Å². The molecular formula is C12H11N3O3. The molecule has 0 aliphatic carbocycles. The van der Waals surface area contributed by atoms with Crippen molar-refractivity contribution >= 4 is 17.7 Å². The molecule has 2 rings (SSSR count). The molecule has 1 aromatic heterocycles. The molecule has 0 spiro atoms. The van der Waals surface area contributed by atoms with Crippen LogP contribution in [0.25, 0.3) is 0 Å². The Morgan fingerprint density at radius 2 is 2.39 bits per heavy atom. The summed E-state index contributed by atoms with van der Waals surface area (Å²) in [5.74, 6) is -0.549. The molecule has 1 fully saturated rings. The molecule has 1 aliphatic heterocycles. The summed E-state index contributed by atoms with van der Waals surface area (Å²) in [5.41, 5.74) is 0.426. The Labute approximate surface area is 104 Å². The van der Waals surface area contributed by atoms with Crippen LogP contribution < -0.4 is 4.90 Å². The lowest BCUT2D eigenvalue weighted by molar-refractivity contribution is -0.145. The fourth-order valence-electron chi connectivity index (χ4n) is 1.87. The molecule has 18 heavy (non-hydrogen) atoms. The number of hydrogen-bond acceptors (Lipinski definition) is 5. The summed E-state index contributed by atoms with van der Waals surface area (Å²) in [4.78, 5) is 28.6. The highest BCUT2D eigenvalue weighted by Crippen LogP contribution is 2.24. The van der Waals surface area contributed by atoms with E-state index in [-0.39, 0.29) is 24.8 Å². The van der Waals surface area contributed by atoms with E-state index < -0.39 is 5.92 Å². The first-order chi connectivity index (χ1) is 8.65. The minimum absolute atomic E-state index is 0.133. The first-order valence-corrected chi connectivity index (χ1v) is 5.40. The topological polar surface area (TPSA) is 83.3 Å². The van der Waals surface area contributed by atoms with Gasteiger partial charge in [0.25, 0.3) is 0 Å². The molecule has 6 nitrogen and oxygen atoms in total. The van der Waals surface area contributed by atoms with Crippen LogP contribution in [0.15, 0.2) is 18.3 Å². The summed E-state index contributed by atoms with van der Waals surface area (Å²) in [6, 6.07) is 5.13. The van der Waals surface area contributed by atoms with Crippen molar-refractivity contribution in [2.45, 2.75) is 6.42 Å². The van der Waals surface area contributed by atoms with Gasteiger partial charge in [0, 0.05) is 19.2 Å². The van der Waals surface area contributed by atoms with E-state index in [1.807, 2.05) is 6.07 Å². The number of amides is 1. The van der Waals surface area contributed by atoms with Gasteiger partial charge in [0.2, 0.25) is 5.91 Å². The van der Waals surface area contributed by atoms with Gasteiger partial charge in [0.05, 0.1) is 18.6 Å². The number of pyridine rings is 1. The van der Waals surface area contributed by atoms with Crippen LogP contribution in [0.2, 0.25) is 0 Å². The van der Waals surface area contributed by atoms with Gasteiger partial charge in [-0.25, -0.2) is 4.98 Å². The van der Waals surface area contributed by atoms with Crippen LogP contribution in [0.5, 0.6) is 0 Å². The maximum atomic E-state index is 11.8. The third kappa shape index (κ3) is 2.15. The van der Waals surface area contributed by atoms with Crippen molar-refractivity contribution in [3.63, 3.8) is 0 Å². The second-order valence-corrected chi connectivity index (χ2v) is 3.95. The number of methoxy groups -OCH3 is 1. The lowest BCUT2D eigenvalue weighted by Gasteiger charge is -2.14. The van der Waals surface area contributed by atoms with Gasteiger partial charge in [-0.15, -0.1) is 0 Å². The highest BCUT2D eigenvalue weighted by molar-refractivity contribution is 5.98. The molecule has 0 bridgehead atoms. The Hall–Kier alpha value is -2.42. The SMILES string of the molecule is COC(=O)C1CC(=O)N(c2ccc(C#N)cn2)C1. The number of esters is 1. The Kier molecular flexibility index (Phi) is 3.24. The largest absolute Gasteiger partial charge is 0.469 e. The number of carbonyl (C=O) groups excluding carboxylic acids is 2. The van der Waals surface area contributed by atoms with Crippen LogP contribution in [0.3, 0.4) is 0 Å². The first kappa shape index (κ1) is 12.0. The van der Waals surface area contributed by atoms with Gasteiger partial charge in [-0.05, 0) is 12.1 Å². The van der Waals surface area contributed by atoms with Crippen LogP contribution in [0, 0.1) is 17.2 Å². The second kappa shape index (κ2) is 4.84. The second-order valence-electron chi connectivity index (χ2n) is 3.95. The molecule has 0 aromatic carbocycles. The zero-order valence-electron chi connectivity index (χ0n) is 9.79. The highest BCUT2D eigenvalue weighted by atomic mass is 16.5. The van der Waals surface area contributed by atoms with E-state index in [2.05, 4.69) is 9.72 Å². The summed E-state index contributed by atoms with van der Waals surface area (Å²) in [7, 11) is 1.30. The number of anilines is 1. The monoisotopic (exact) mass is 245 g/mol. The summed E-state index contributed by atoms with van der Waals surface area (Å²) in [6.45, 7) is 0.268. The van der Waals surface area contributed by atoms with Gasteiger partial charge in [0.15, 0.2) is 0 Å². The van der Waals surface area contributed by atoms with Gasteiger partial charge in [-0.2, -0.15) is 5.26 Å². The Balaban J connectivity index is 2.16. The maximum Gasteiger partial charge on any atom is 0.311 e. The highest BCUT2D eigenvalue weighted by Gasteiger charge is 2.36. The van der Waals surface area contributed by atoms with Crippen molar-refractivity contribution in [3.05, 3.63) is 23.9 Å². The fraction of sp³-hybridized carbons (Fsp3) is 0.333. The summed E-state index contributed by atoms with van der Waals surface area (Å²) in [6.07, 6.45) is 1.53. The predicted molar refractivity (Wildman–Crippen MR) is 61.4 cm³/mol. The first-order valence-electron chi connectivity index (χ1n) is 5.40. The summed E-state index contributed by atoms with van der Waals surface area (Å²) < 4.78 is 4.62. The standard InChI is InChI=1S/C12H11N3O3/c1-18-12(17)9-4-11(16)15(7-9)10-3-2-8(5-13)6-14-10/h2-3,6,9H,4,7H2,1H3. The van der Waals surface area contributed by atoms with E-state index in [4.69, 9.17) is 5.26 Å². The lowest BCUT2D eigenvalue weighted by Crippen LogP contribution is -2.26.